The van der Waals surface area contributed by atoms with Crippen molar-refractivity contribution in [3.8, 4) is 0 Å². The standard InChI is InChI=1S/C11H15N/c1-9-5-2-3-6-10-7-4-8-12-11(9)10/h5-6H,2-4,7-8H2,1H3. The summed E-state index contributed by atoms with van der Waals surface area (Å²) in [7, 11) is 0. The number of hydrogen-bond donors (Lipinski definition) is 0. The first-order valence-electron chi connectivity index (χ1n) is 4.79. The van der Waals surface area contributed by atoms with Crippen molar-refractivity contribution < 1.29 is 0 Å². The molecule has 0 amide bonds. The van der Waals surface area contributed by atoms with Crippen molar-refractivity contribution in [3.05, 3.63) is 23.3 Å². The zero-order valence-corrected chi connectivity index (χ0v) is 7.64. The number of allylic oxidation sites excluding steroid dienone is 4. The van der Waals surface area contributed by atoms with Gasteiger partial charge in [0.2, 0.25) is 0 Å². The number of aliphatic imine (C=N–C) groups is 1. The van der Waals surface area contributed by atoms with Gasteiger partial charge in [-0.1, -0.05) is 12.2 Å². The molecule has 0 radical (unpaired) electrons. The minimum absolute atomic E-state index is 1.03. The maximum Gasteiger partial charge on any atom is 0.0628 e. The Morgan fingerprint density at radius 3 is 3.00 bits per heavy atom. The molecule has 0 aromatic heterocycles. The van der Waals surface area contributed by atoms with Gasteiger partial charge in [0.05, 0.1) is 5.71 Å². The summed E-state index contributed by atoms with van der Waals surface area (Å²) in [4.78, 5) is 4.57. The highest BCUT2D eigenvalue weighted by atomic mass is 14.8. The highest BCUT2D eigenvalue weighted by Gasteiger charge is 2.14. The Morgan fingerprint density at radius 2 is 2.08 bits per heavy atom. The van der Waals surface area contributed by atoms with Crippen LogP contribution < -0.4 is 0 Å². The summed E-state index contributed by atoms with van der Waals surface area (Å²) in [5.74, 6) is 0. The van der Waals surface area contributed by atoms with Crippen LogP contribution in [0, 0.1) is 0 Å². The lowest BCUT2D eigenvalue weighted by molar-refractivity contribution is 0.811. The molecule has 0 saturated heterocycles. The predicted octanol–water partition coefficient (Wildman–Crippen LogP) is 2.89. The first-order chi connectivity index (χ1) is 5.88. The maximum absolute atomic E-state index is 4.57. The summed E-state index contributed by atoms with van der Waals surface area (Å²) in [5.41, 5.74) is 4.17. The summed E-state index contributed by atoms with van der Waals surface area (Å²) in [6, 6.07) is 0. The molecule has 0 spiro atoms. The lowest BCUT2D eigenvalue weighted by Crippen LogP contribution is -2.10. The van der Waals surface area contributed by atoms with Gasteiger partial charge in [-0.25, -0.2) is 0 Å². The molecule has 1 nitrogen and oxygen atoms in total. The van der Waals surface area contributed by atoms with Crippen LogP contribution in [-0.4, -0.2) is 12.3 Å². The monoisotopic (exact) mass is 161 g/mol. The molecule has 0 aromatic rings. The van der Waals surface area contributed by atoms with E-state index in [1.165, 1.54) is 42.5 Å². The van der Waals surface area contributed by atoms with Crippen molar-refractivity contribution in [2.24, 2.45) is 4.99 Å². The van der Waals surface area contributed by atoms with E-state index in [0.29, 0.717) is 0 Å². The third-order valence-electron chi connectivity index (χ3n) is 2.56. The van der Waals surface area contributed by atoms with E-state index in [1.54, 1.807) is 0 Å². The van der Waals surface area contributed by atoms with Crippen LogP contribution in [0.1, 0.15) is 32.6 Å². The van der Waals surface area contributed by atoms with Crippen molar-refractivity contribution in [1.82, 2.24) is 0 Å². The minimum Gasteiger partial charge on any atom is -0.285 e. The molecule has 0 saturated carbocycles. The Labute approximate surface area is 73.9 Å². The molecule has 64 valence electrons. The molecule has 12 heavy (non-hydrogen) atoms. The summed E-state index contributed by atoms with van der Waals surface area (Å²) < 4.78 is 0. The second-order valence-electron chi connectivity index (χ2n) is 3.53. The van der Waals surface area contributed by atoms with Gasteiger partial charge in [-0.2, -0.15) is 0 Å². The first kappa shape index (κ1) is 7.78. The molecule has 0 aromatic carbocycles. The molecule has 0 fully saturated rings. The molecule has 1 heterocycles. The Morgan fingerprint density at radius 1 is 1.25 bits per heavy atom. The molecule has 0 N–H and O–H groups in total. The number of nitrogens with zero attached hydrogens (tertiary/aromatic N) is 1. The molecular weight excluding hydrogens is 146 g/mol. The zero-order valence-electron chi connectivity index (χ0n) is 7.64. The number of rotatable bonds is 0. The molecule has 2 rings (SSSR count). The smallest absolute Gasteiger partial charge is 0.0628 e. The van der Waals surface area contributed by atoms with Gasteiger partial charge in [0.25, 0.3) is 0 Å². The maximum atomic E-state index is 4.57. The summed E-state index contributed by atoms with van der Waals surface area (Å²) in [5, 5.41) is 0. The average molecular weight is 161 g/mol. The highest BCUT2D eigenvalue weighted by molar-refractivity contribution is 6.12. The first-order valence-corrected chi connectivity index (χ1v) is 4.79. The average Bonchev–Trinajstić information content (AvgIpc) is 2.29. The normalized spacial score (nSPS) is 23.2. The van der Waals surface area contributed by atoms with Gasteiger partial charge >= 0.3 is 0 Å². The quantitative estimate of drug-likeness (QED) is 0.518. The van der Waals surface area contributed by atoms with Crippen LogP contribution in [0.25, 0.3) is 0 Å². The Balaban J connectivity index is 2.38. The van der Waals surface area contributed by atoms with Gasteiger partial charge in [-0.05, 0) is 43.8 Å². The Bertz CT molecular complexity index is 269. The third-order valence-corrected chi connectivity index (χ3v) is 2.56. The third kappa shape index (κ3) is 1.36. The lowest BCUT2D eigenvalue weighted by Gasteiger charge is -2.15. The molecule has 0 bridgehead atoms. The van der Waals surface area contributed by atoms with Crippen LogP contribution in [-0.2, 0) is 0 Å². The largest absolute Gasteiger partial charge is 0.285 e. The van der Waals surface area contributed by atoms with Crippen molar-refractivity contribution in [2.75, 3.05) is 6.54 Å². The lowest BCUT2D eigenvalue weighted by atomic mass is 9.97. The Kier molecular flexibility index (Phi) is 2.11. The topological polar surface area (TPSA) is 12.4 Å². The summed E-state index contributed by atoms with van der Waals surface area (Å²) in [6.45, 7) is 3.21. The van der Waals surface area contributed by atoms with E-state index in [4.69, 9.17) is 0 Å². The SMILES string of the molecule is CC1=CCCC=C2CCCN=C12. The van der Waals surface area contributed by atoms with E-state index in [0.717, 1.165) is 6.54 Å². The van der Waals surface area contributed by atoms with Crippen LogP contribution in [0.15, 0.2) is 28.3 Å². The minimum atomic E-state index is 1.03. The van der Waals surface area contributed by atoms with Gasteiger partial charge in [-0.15, -0.1) is 0 Å². The second kappa shape index (κ2) is 3.26. The number of fused-ring (bicyclic) bond motifs is 1. The van der Waals surface area contributed by atoms with Crippen LogP contribution in [0.4, 0.5) is 0 Å². The van der Waals surface area contributed by atoms with Crippen molar-refractivity contribution in [1.29, 1.82) is 0 Å². The van der Waals surface area contributed by atoms with E-state index in [2.05, 4.69) is 24.1 Å². The van der Waals surface area contributed by atoms with Crippen LogP contribution >= 0.6 is 0 Å². The van der Waals surface area contributed by atoms with Gasteiger partial charge in [-0.3, -0.25) is 4.99 Å². The van der Waals surface area contributed by atoms with Gasteiger partial charge in [0, 0.05) is 6.54 Å². The van der Waals surface area contributed by atoms with E-state index >= 15 is 0 Å². The van der Waals surface area contributed by atoms with Gasteiger partial charge in [0.1, 0.15) is 0 Å². The van der Waals surface area contributed by atoms with Gasteiger partial charge < -0.3 is 0 Å². The molecule has 0 atom stereocenters. The molecule has 0 unspecified atom stereocenters. The molecule has 1 aliphatic heterocycles. The molecule has 2 aliphatic rings. The van der Waals surface area contributed by atoms with Gasteiger partial charge in [0.15, 0.2) is 0 Å². The van der Waals surface area contributed by atoms with Crippen LogP contribution in [0.5, 0.6) is 0 Å². The predicted molar refractivity (Wildman–Crippen MR) is 52.6 cm³/mol. The van der Waals surface area contributed by atoms with E-state index in [1.807, 2.05) is 0 Å². The second-order valence-corrected chi connectivity index (χ2v) is 3.53. The fourth-order valence-electron chi connectivity index (χ4n) is 1.91. The molecule has 1 heteroatoms. The van der Waals surface area contributed by atoms with Crippen molar-refractivity contribution in [3.63, 3.8) is 0 Å². The van der Waals surface area contributed by atoms with Crippen molar-refractivity contribution in [2.45, 2.75) is 32.6 Å². The Hall–Kier alpha value is -0.850. The zero-order chi connectivity index (χ0) is 8.39. The van der Waals surface area contributed by atoms with E-state index < -0.39 is 0 Å². The fraction of sp³-hybridized carbons (Fsp3) is 0.545. The molecule has 1 aliphatic carbocycles. The van der Waals surface area contributed by atoms with Crippen LogP contribution in [0.2, 0.25) is 0 Å². The summed E-state index contributed by atoms with van der Waals surface area (Å²) in [6.07, 6.45) is 9.55. The summed E-state index contributed by atoms with van der Waals surface area (Å²) >= 11 is 0. The fourth-order valence-corrected chi connectivity index (χ4v) is 1.91. The molecular formula is C11H15N. The highest BCUT2D eigenvalue weighted by Crippen LogP contribution is 2.22. The van der Waals surface area contributed by atoms with Crippen molar-refractivity contribution >= 4 is 5.71 Å². The number of hydrogen-bond acceptors (Lipinski definition) is 1. The van der Waals surface area contributed by atoms with E-state index in [-0.39, 0.29) is 0 Å². The van der Waals surface area contributed by atoms with Crippen LogP contribution in [0.3, 0.4) is 0 Å². The van der Waals surface area contributed by atoms with E-state index in [9.17, 15) is 0 Å².